The minimum atomic E-state index is -1.52. The predicted molar refractivity (Wildman–Crippen MR) is 121 cm³/mol. The summed E-state index contributed by atoms with van der Waals surface area (Å²) in [6.07, 6.45) is 2.80. The van der Waals surface area contributed by atoms with Crippen LogP contribution in [0.5, 0.6) is 0 Å². The molecule has 2 heterocycles. The first kappa shape index (κ1) is 22.2. The molecule has 0 radical (unpaired) electrons. The first-order valence-corrected chi connectivity index (χ1v) is 10.1. The third-order valence-electron chi connectivity index (χ3n) is 4.70. The molecular formula is C23H23BN2O5. The van der Waals surface area contributed by atoms with Crippen molar-refractivity contribution >= 4 is 24.0 Å². The maximum Gasteiger partial charge on any atom is 0.488 e. The molecule has 4 rings (SSSR count). The van der Waals surface area contributed by atoms with Gasteiger partial charge in [-0.05, 0) is 46.9 Å². The lowest BCUT2D eigenvalue weighted by Crippen LogP contribution is -2.29. The molecule has 31 heavy (non-hydrogen) atoms. The van der Waals surface area contributed by atoms with Crippen LogP contribution in [-0.4, -0.2) is 33.7 Å². The number of rotatable bonds is 5. The SMILES string of the molecule is CC.O=[N+]([O-])c1ccc(-c2cc(-c3ccc(B(O)O)cc3)cc(C3=CCCO3)n2)cc1. The Labute approximate surface area is 181 Å². The van der Waals surface area contributed by atoms with E-state index in [-0.39, 0.29) is 5.69 Å². The van der Waals surface area contributed by atoms with Gasteiger partial charge in [0.15, 0.2) is 0 Å². The molecule has 1 aliphatic rings. The van der Waals surface area contributed by atoms with Gasteiger partial charge in [-0.15, -0.1) is 0 Å². The zero-order chi connectivity index (χ0) is 22.4. The van der Waals surface area contributed by atoms with E-state index >= 15 is 0 Å². The lowest BCUT2D eigenvalue weighted by Gasteiger charge is -2.11. The van der Waals surface area contributed by atoms with Gasteiger partial charge in [-0.3, -0.25) is 10.1 Å². The summed E-state index contributed by atoms with van der Waals surface area (Å²) in [5, 5.41) is 29.5. The van der Waals surface area contributed by atoms with Crippen LogP contribution in [0.1, 0.15) is 26.0 Å². The van der Waals surface area contributed by atoms with Gasteiger partial charge in [0, 0.05) is 24.1 Å². The highest BCUT2D eigenvalue weighted by atomic mass is 16.6. The minimum Gasteiger partial charge on any atom is -0.491 e. The van der Waals surface area contributed by atoms with Crippen molar-refractivity contribution in [1.82, 2.24) is 4.98 Å². The zero-order valence-electron chi connectivity index (χ0n) is 17.4. The van der Waals surface area contributed by atoms with Crippen LogP contribution in [0.2, 0.25) is 0 Å². The minimum absolute atomic E-state index is 0.0186. The number of benzene rings is 2. The van der Waals surface area contributed by atoms with Crippen molar-refractivity contribution in [3.05, 3.63) is 82.5 Å². The Morgan fingerprint density at radius 3 is 2.10 bits per heavy atom. The Balaban J connectivity index is 0.00000132. The second kappa shape index (κ2) is 10.0. The molecule has 158 valence electrons. The Morgan fingerprint density at radius 1 is 0.935 bits per heavy atom. The summed E-state index contributed by atoms with van der Waals surface area (Å²) in [5.41, 5.74) is 4.26. The Bertz CT molecular complexity index is 1080. The molecular weight excluding hydrogens is 395 g/mol. The van der Waals surface area contributed by atoms with Gasteiger partial charge in [-0.25, -0.2) is 4.98 Å². The molecule has 1 aromatic heterocycles. The number of hydrogen-bond donors (Lipinski definition) is 2. The van der Waals surface area contributed by atoms with Crippen molar-refractivity contribution < 1.29 is 19.7 Å². The summed E-state index contributed by atoms with van der Waals surface area (Å²) in [5.74, 6) is 0.706. The number of ether oxygens (including phenoxy) is 1. The second-order valence-corrected chi connectivity index (χ2v) is 6.63. The fourth-order valence-electron chi connectivity index (χ4n) is 3.17. The third-order valence-corrected chi connectivity index (χ3v) is 4.70. The van der Waals surface area contributed by atoms with Crippen molar-refractivity contribution in [3.8, 4) is 22.4 Å². The first-order valence-electron chi connectivity index (χ1n) is 10.1. The molecule has 0 amide bonds. The molecule has 0 aliphatic carbocycles. The molecule has 0 saturated heterocycles. The third kappa shape index (κ3) is 5.17. The molecule has 2 aromatic carbocycles. The van der Waals surface area contributed by atoms with Crippen molar-refractivity contribution in [2.45, 2.75) is 20.3 Å². The van der Waals surface area contributed by atoms with E-state index in [4.69, 9.17) is 4.74 Å². The highest BCUT2D eigenvalue weighted by Gasteiger charge is 2.16. The number of hydrogen-bond acceptors (Lipinski definition) is 6. The Hall–Kier alpha value is -3.49. The quantitative estimate of drug-likeness (QED) is 0.371. The summed E-state index contributed by atoms with van der Waals surface area (Å²) < 4.78 is 5.67. The lowest BCUT2D eigenvalue weighted by molar-refractivity contribution is -0.384. The number of nitro groups is 1. The van der Waals surface area contributed by atoms with E-state index in [1.807, 2.05) is 32.1 Å². The zero-order valence-corrected chi connectivity index (χ0v) is 17.4. The lowest BCUT2D eigenvalue weighted by atomic mass is 9.80. The van der Waals surface area contributed by atoms with Gasteiger partial charge in [-0.2, -0.15) is 0 Å². The predicted octanol–water partition coefficient (Wildman–Crippen LogP) is 3.79. The van der Waals surface area contributed by atoms with E-state index in [1.54, 1.807) is 36.4 Å². The van der Waals surface area contributed by atoms with Gasteiger partial charge in [0.05, 0.1) is 17.2 Å². The van der Waals surface area contributed by atoms with Crippen LogP contribution >= 0.6 is 0 Å². The molecule has 7 nitrogen and oxygen atoms in total. The van der Waals surface area contributed by atoms with Gasteiger partial charge in [0.1, 0.15) is 11.5 Å². The fourth-order valence-corrected chi connectivity index (χ4v) is 3.17. The standard InChI is InChI=1S/C21H17BN2O5.C2H6/c25-22(26)17-7-3-14(4-8-17)16-12-19(15-5-9-18(10-6-15)24(27)28)23-20(13-16)21-2-1-11-29-21;1-2/h2-10,12-13,25-26H,1,11H2;1-2H3. The summed E-state index contributed by atoms with van der Waals surface area (Å²) in [6.45, 7) is 4.61. The van der Waals surface area contributed by atoms with Gasteiger partial charge < -0.3 is 14.8 Å². The topological polar surface area (TPSA) is 106 Å². The van der Waals surface area contributed by atoms with Crippen LogP contribution in [-0.2, 0) is 4.74 Å². The number of aromatic nitrogens is 1. The highest BCUT2D eigenvalue weighted by molar-refractivity contribution is 6.58. The summed E-state index contributed by atoms with van der Waals surface area (Å²) in [7, 11) is -1.52. The number of nitro benzene ring substituents is 1. The number of pyridine rings is 1. The molecule has 0 fully saturated rings. The van der Waals surface area contributed by atoms with Crippen molar-refractivity contribution in [3.63, 3.8) is 0 Å². The molecule has 1 aliphatic heterocycles. The van der Waals surface area contributed by atoms with Gasteiger partial charge in [0.2, 0.25) is 0 Å². The monoisotopic (exact) mass is 418 g/mol. The normalized spacial score (nSPS) is 12.3. The van der Waals surface area contributed by atoms with E-state index in [2.05, 4.69) is 4.98 Å². The Morgan fingerprint density at radius 2 is 1.55 bits per heavy atom. The van der Waals surface area contributed by atoms with Crippen molar-refractivity contribution in [2.75, 3.05) is 6.61 Å². The van der Waals surface area contributed by atoms with Crippen LogP contribution in [0.3, 0.4) is 0 Å². The largest absolute Gasteiger partial charge is 0.491 e. The second-order valence-electron chi connectivity index (χ2n) is 6.63. The van der Waals surface area contributed by atoms with Crippen molar-refractivity contribution in [1.29, 1.82) is 0 Å². The summed E-state index contributed by atoms with van der Waals surface area (Å²) in [4.78, 5) is 15.2. The van der Waals surface area contributed by atoms with Crippen molar-refractivity contribution in [2.24, 2.45) is 0 Å². The van der Waals surface area contributed by atoms with E-state index in [9.17, 15) is 20.2 Å². The maximum atomic E-state index is 10.9. The maximum absolute atomic E-state index is 10.9. The molecule has 0 atom stereocenters. The van der Waals surface area contributed by atoms with Crippen LogP contribution in [0.25, 0.3) is 28.1 Å². The van der Waals surface area contributed by atoms with E-state index < -0.39 is 12.0 Å². The number of nitrogens with zero attached hydrogens (tertiary/aromatic N) is 2. The summed E-state index contributed by atoms with van der Waals surface area (Å²) in [6, 6.07) is 17.0. The van der Waals surface area contributed by atoms with Crippen LogP contribution in [0.4, 0.5) is 5.69 Å². The molecule has 0 spiro atoms. The molecule has 2 N–H and O–H groups in total. The molecule has 8 heteroatoms. The number of non-ortho nitro benzene ring substituents is 1. The fraction of sp³-hybridized carbons (Fsp3) is 0.174. The van der Waals surface area contributed by atoms with E-state index in [0.29, 0.717) is 29.2 Å². The molecule has 0 saturated carbocycles. The molecule has 3 aromatic rings. The van der Waals surface area contributed by atoms with E-state index in [1.165, 1.54) is 12.1 Å². The average Bonchev–Trinajstić information content (AvgIpc) is 3.35. The Kier molecular flexibility index (Phi) is 7.17. The van der Waals surface area contributed by atoms with Gasteiger partial charge in [-0.1, -0.05) is 38.1 Å². The smallest absolute Gasteiger partial charge is 0.488 e. The van der Waals surface area contributed by atoms with Crippen LogP contribution in [0.15, 0.2) is 66.7 Å². The molecule has 0 bridgehead atoms. The van der Waals surface area contributed by atoms with Crippen LogP contribution in [0, 0.1) is 10.1 Å². The van der Waals surface area contributed by atoms with Crippen LogP contribution < -0.4 is 5.46 Å². The average molecular weight is 418 g/mol. The first-order chi connectivity index (χ1) is 15.0. The highest BCUT2D eigenvalue weighted by Crippen LogP contribution is 2.30. The van der Waals surface area contributed by atoms with E-state index in [0.717, 1.165) is 23.1 Å². The molecule has 0 unspecified atom stereocenters. The van der Waals surface area contributed by atoms with Gasteiger partial charge in [0.25, 0.3) is 5.69 Å². The van der Waals surface area contributed by atoms with Gasteiger partial charge >= 0.3 is 7.12 Å². The summed E-state index contributed by atoms with van der Waals surface area (Å²) >= 11 is 0.